The van der Waals surface area contributed by atoms with Crippen LogP contribution in [0.3, 0.4) is 0 Å². The molecule has 0 aromatic heterocycles. The first-order chi connectivity index (χ1) is 18.5. The van der Waals surface area contributed by atoms with Crippen LogP contribution in [0.5, 0.6) is 0 Å². The molecule has 1 aliphatic heterocycles. The Bertz CT molecular complexity index is 951. The summed E-state index contributed by atoms with van der Waals surface area (Å²) in [6.45, 7) is 26.0. The first-order valence-corrected chi connectivity index (χ1v) is 22.6. The molecular weight excluding hydrogens is 553 g/mol. The van der Waals surface area contributed by atoms with Crippen LogP contribution in [0.1, 0.15) is 87.5 Å². The van der Waals surface area contributed by atoms with Gasteiger partial charge in [0.15, 0.2) is 8.32 Å². The molecule has 0 radical (unpaired) electrons. The number of esters is 1. The summed E-state index contributed by atoms with van der Waals surface area (Å²) in [5.74, 6) is 0.825. The summed E-state index contributed by atoms with van der Waals surface area (Å²) >= 11 is 0. The van der Waals surface area contributed by atoms with Crippen molar-refractivity contribution in [1.29, 1.82) is 0 Å². The van der Waals surface area contributed by atoms with Gasteiger partial charge in [-0.25, -0.2) is 0 Å². The number of carbonyl (C=O) groups excluding carboxylic acids is 1. The molecule has 6 atom stereocenters. The van der Waals surface area contributed by atoms with Crippen LogP contribution >= 0.6 is 0 Å². The van der Waals surface area contributed by atoms with Gasteiger partial charge in [-0.3, -0.25) is 9.43 Å². The van der Waals surface area contributed by atoms with E-state index in [4.69, 9.17) is 27.8 Å². The van der Waals surface area contributed by atoms with Crippen molar-refractivity contribution in [3.63, 3.8) is 0 Å². The molecule has 0 aromatic carbocycles. The van der Waals surface area contributed by atoms with E-state index in [1.54, 1.807) is 0 Å². The van der Waals surface area contributed by atoms with Crippen LogP contribution in [0.25, 0.3) is 0 Å². The first-order valence-electron chi connectivity index (χ1n) is 15.6. The second kappa shape index (κ2) is 13.6. The normalized spacial score (nSPS) is 28.7. The van der Waals surface area contributed by atoms with Gasteiger partial charge in [-0.15, -0.1) is 0 Å². The summed E-state index contributed by atoms with van der Waals surface area (Å²) in [6.07, 6.45) is 4.14. The first kappa shape index (κ1) is 34.3. The third-order valence-corrected chi connectivity index (χ3v) is 19.3. The average Bonchev–Trinajstić information content (AvgIpc) is 3.21. The molecule has 228 valence electrons. The van der Waals surface area contributed by atoms with E-state index in [9.17, 15) is 4.79 Å². The molecule has 0 aromatic rings. The zero-order chi connectivity index (χ0) is 29.9. The number of rotatable bonds is 14. The van der Waals surface area contributed by atoms with Gasteiger partial charge < -0.3 is 23.2 Å². The highest BCUT2D eigenvalue weighted by molar-refractivity contribution is 6.80. The maximum absolute atomic E-state index is 12.7. The molecular formula is C29H56BNO6Si3. The highest BCUT2D eigenvalue weighted by Gasteiger charge is 2.68. The largest absolute Gasteiger partial charge is 0.486 e. The Morgan fingerprint density at radius 1 is 1.20 bits per heavy atom. The number of carbonyl (C=O) groups is 1. The van der Waals surface area contributed by atoms with E-state index in [0.29, 0.717) is 45.5 Å². The molecule has 1 heterocycles. The molecule has 4 rings (SSSR count). The van der Waals surface area contributed by atoms with Crippen molar-refractivity contribution < 1.29 is 28.0 Å². The number of hydrogen-bond acceptors (Lipinski definition) is 7. The number of unbranched alkanes of at least 4 members (excludes halogenated alkanes) is 1. The third kappa shape index (κ3) is 7.85. The lowest BCUT2D eigenvalue weighted by Crippen LogP contribution is -2.65. The van der Waals surface area contributed by atoms with Gasteiger partial charge in [-0.2, -0.15) is 0 Å². The zero-order valence-electron chi connectivity index (χ0n) is 27.2. The lowest BCUT2D eigenvalue weighted by molar-refractivity contribution is -0.199. The van der Waals surface area contributed by atoms with Crippen molar-refractivity contribution in [3.8, 4) is 0 Å². The number of ether oxygens (including phenoxy) is 2. The van der Waals surface area contributed by atoms with Crippen molar-refractivity contribution in [2.45, 2.75) is 142 Å². The van der Waals surface area contributed by atoms with Crippen molar-refractivity contribution in [1.82, 2.24) is 0 Å². The Kier molecular flexibility index (Phi) is 11.7. The van der Waals surface area contributed by atoms with Crippen LogP contribution < -0.4 is 0 Å². The van der Waals surface area contributed by atoms with Gasteiger partial charge in [0.2, 0.25) is 0 Å². The summed E-state index contributed by atoms with van der Waals surface area (Å²) in [5, 5.41) is 0.0295. The van der Waals surface area contributed by atoms with E-state index in [2.05, 4.69) is 75.0 Å². The fourth-order valence-electron chi connectivity index (χ4n) is 6.14. The summed E-state index contributed by atoms with van der Waals surface area (Å²) in [6, 6.07) is 1.19. The second-order valence-corrected chi connectivity index (χ2v) is 25.3. The van der Waals surface area contributed by atoms with E-state index in [1.165, 1.54) is 12.5 Å². The van der Waals surface area contributed by atoms with Crippen molar-refractivity contribution in [2.24, 2.45) is 21.9 Å². The van der Waals surface area contributed by atoms with Gasteiger partial charge in [0.05, 0.1) is 51.9 Å². The van der Waals surface area contributed by atoms with Gasteiger partial charge >= 0.3 is 13.1 Å². The minimum atomic E-state index is -2.11. The van der Waals surface area contributed by atoms with E-state index in [0.717, 1.165) is 19.3 Å². The minimum absolute atomic E-state index is 0.0295. The van der Waals surface area contributed by atoms with Crippen LogP contribution in [-0.2, 0) is 28.0 Å². The molecule has 0 spiro atoms. The van der Waals surface area contributed by atoms with E-state index >= 15 is 0 Å². The topological polar surface area (TPSA) is 75.6 Å². The average molecular weight is 610 g/mol. The molecule has 3 aliphatic carbocycles. The molecule has 4 fully saturated rings. The standard InChI is InChI=1S/C29H56BNO6Si3/c1-12-14-15-34-26(32)18-22(36-40(10,11)27(3,4)5)19-33-20-25(31-38-39(9)13-2)30-35-24-17-21-16-23(28(21,6)7)29(24,8)37-30/h21-25H,12-20H2,1-11H3/t21-,22?,23-,24+,25-,29-/m0/s1. The summed E-state index contributed by atoms with van der Waals surface area (Å²) in [4.78, 5) is 12.7. The fourth-order valence-corrected chi connectivity index (χ4v) is 9.85. The lowest BCUT2D eigenvalue weighted by atomic mass is 9.43. The minimum Gasteiger partial charge on any atom is -0.466 e. The molecule has 1 saturated heterocycles. The molecule has 11 heteroatoms. The van der Waals surface area contributed by atoms with Crippen molar-refractivity contribution in [2.75, 3.05) is 19.8 Å². The summed E-state index contributed by atoms with van der Waals surface area (Å²) in [7, 11) is -2.44. The Morgan fingerprint density at radius 2 is 1.90 bits per heavy atom. The van der Waals surface area contributed by atoms with Crippen LogP contribution in [-0.4, -0.2) is 81.3 Å². The van der Waals surface area contributed by atoms with Gasteiger partial charge in [0.1, 0.15) is 5.94 Å². The van der Waals surface area contributed by atoms with Crippen molar-refractivity contribution >= 4 is 37.7 Å². The Hall–Kier alpha value is -0.174. The van der Waals surface area contributed by atoms with Gasteiger partial charge in [0.25, 0.3) is 0 Å². The summed E-state index contributed by atoms with van der Waals surface area (Å²) < 4.78 is 37.0. The van der Waals surface area contributed by atoms with Gasteiger partial charge in [0, 0.05) is 8.41 Å². The smallest absolute Gasteiger partial charge is 0.466 e. The molecule has 40 heavy (non-hydrogen) atoms. The predicted molar refractivity (Wildman–Crippen MR) is 168 cm³/mol. The second-order valence-electron chi connectivity index (χ2n) is 14.6. The molecule has 2 bridgehead atoms. The van der Waals surface area contributed by atoms with Crippen molar-refractivity contribution in [3.05, 3.63) is 0 Å². The predicted octanol–water partition coefficient (Wildman–Crippen LogP) is 6.29. The van der Waals surface area contributed by atoms with Gasteiger partial charge in [-0.05, 0) is 67.6 Å². The molecule has 0 amide bonds. The van der Waals surface area contributed by atoms with E-state index in [-0.39, 0.29) is 48.3 Å². The van der Waals surface area contributed by atoms with Crippen LogP contribution in [0, 0.1) is 17.3 Å². The van der Waals surface area contributed by atoms with Crippen LogP contribution in [0.2, 0.25) is 30.7 Å². The molecule has 1 unspecified atom stereocenters. The molecule has 4 aliphatic rings. The van der Waals surface area contributed by atoms with E-state index in [1.807, 2.05) is 0 Å². The van der Waals surface area contributed by atoms with Crippen LogP contribution in [0.4, 0.5) is 0 Å². The maximum atomic E-state index is 12.7. The monoisotopic (exact) mass is 609 g/mol. The van der Waals surface area contributed by atoms with Crippen LogP contribution in [0.15, 0.2) is 4.63 Å². The highest BCUT2D eigenvalue weighted by atomic mass is 28.9. The summed E-state index contributed by atoms with van der Waals surface area (Å²) in [5.41, 5.74) is 0.0387. The molecule has 7 nitrogen and oxygen atoms in total. The number of nitrogens with zero attached hydrogens (tertiary/aromatic N) is 1. The maximum Gasteiger partial charge on any atom is 0.486 e. The quantitative estimate of drug-likeness (QED) is 0.131. The Morgan fingerprint density at radius 3 is 2.50 bits per heavy atom. The Labute approximate surface area is 248 Å². The SMILES string of the molecule is CCCCOC(=O)CC(COC[C@H](N=[Si]=[Si](C)CC)B1O[C@@H]2C[C@@H]3C[C@@H](C3(C)C)[C@]2(C)O1)O[Si](C)(C)C(C)(C)C. The highest BCUT2D eigenvalue weighted by Crippen LogP contribution is 2.65. The molecule has 3 saturated carbocycles. The third-order valence-electron chi connectivity index (χ3n) is 10.2. The number of hydrogen-bond donors (Lipinski definition) is 0. The fraction of sp³-hybridized carbons (Fsp3) is 0.966. The lowest BCUT2D eigenvalue weighted by Gasteiger charge is -2.64. The molecule has 0 N–H and O–H groups in total. The van der Waals surface area contributed by atoms with E-state index < -0.39 is 16.2 Å². The zero-order valence-corrected chi connectivity index (χ0v) is 30.2. The Balaban J connectivity index is 1.71. The van der Waals surface area contributed by atoms with Gasteiger partial charge in [-0.1, -0.05) is 61.4 Å².